The lowest BCUT2D eigenvalue weighted by Crippen LogP contribution is -2.35. The number of carbonyl (C=O) groups is 3. The second-order valence-electron chi connectivity index (χ2n) is 8.85. The maximum absolute atomic E-state index is 13.1. The molecule has 2 aliphatic heterocycles. The van der Waals surface area contributed by atoms with Crippen molar-refractivity contribution in [1.29, 1.82) is 0 Å². The number of benzene rings is 1. The summed E-state index contributed by atoms with van der Waals surface area (Å²) < 4.78 is 16.3. The number of hydrogen-bond donors (Lipinski definition) is 1. The first-order valence-corrected chi connectivity index (χ1v) is 11.8. The zero-order valence-electron chi connectivity index (χ0n) is 20.4. The number of nitrogens with one attached hydrogen (secondary N) is 1. The first-order valence-electron chi connectivity index (χ1n) is 11.8. The lowest BCUT2D eigenvalue weighted by Gasteiger charge is -2.19. The van der Waals surface area contributed by atoms with Gasteiger partial charge in [0.05, 0.1) is 23.9 Å². The summed E-state index contributed by atoms with van der Waals surface area (Å²) in [5, 5.41) is 2.82. The summed E-state index contributed by atoms with van der Waals surface area (Å²) in [6, 6.07) is 7.02. The van der Waals surface area contributed by atoms with E-state index in [0.717, 1.165) is 25.0 Å². The fourth-order valence-corrected chi connectivity index (χ4v) is 3.97. The Morgan fingerprint density at radius 2 is 2.00 bits per heavy atom. The van der Waals surface area contributed by atoms with E-state index in [-0.39, 0.29) is 37.0 Å². The van der Waals surface area contributed by atoms with Crippen molar-refractivity contribution in [2.24, 2.45) is 5.92 Å². The first kappa shape index (κ1) is 25.5. The van der Waals surface area contributed by atoms with E-state index < -0.39 is 5.97 Å². The molecule has 1 aromatic rings. The van der Waals surface area contributed by atoms with Crippen molar-refractivity contribution in [2.45, 2.75) is 46.6 Å². The van der Waals surface area contributed by atoms with Crippen LogP contribution >= 0.6 is 0 Å². The molecule has 8 heteroatoms. The highest BCUT2D eigenvalue weighted by atomic mass is 16.5. The molecule has 2 amide bonds. The molecule has 1 N–H and O–H groups in total. The van der Waals surface area contributed by atoms with E-state index in [1.807, 2.05) is 13.8 Å². The van der Waals surface area contributed by atoms with E-state index in [9.17, 15) is 14.4 Å². The van der Waals surface area contributed by atoms with Crippen LogP contribution in [0.2, 0.25) is 0 Å². The van der Waals surface area contributed by atoms with Gasteiger partial charge in [-0.25, -0.2) is 4.79 Å². The van der Waals surface area contributed by atoms with Crippen LogP contribution < -0.4 is 10.1 Å². The summed E-state index contributed by atoms with van der Waals surface area (Å²) in [6.45, 7) is 9.45. The van der Waals surface area contributed by atoms with Gasteiger partial charge in [0.2, 0.25) is 0 Å². The summed E-state index contributed by atoms with van der Waals surface area (Å²) in [5.74, 6) is -0.132. The Hall–Kier alpha value is -3.13. The molecule has 0 bridgehead atoms. The standard InChI is InChI=1S/C26H34N2O6/c1-5-32-26(31)24-18(4)28(15-17(2)3)25(30)22(24)13-19-8-10-20(11-9-19)34-16-23(29)27-14-21-7-6-12-33-21/h8-11,13,17,21H,5-7,12,14-16H2,1-4H3,(H,27,29)/b22-13-/t21-/m0/s1. The van der Waals surface area contributed by atoms with Gasteiger partial charge in [-0.15, -0.1) is 0 Å². The number of rotatable bonds is 10. The smallest absolute Gasteiger partial charge is 0.340 e. The zero-order chi connectivity index (χ0) is 24.7. The summed E-state index contributed by atoms with van der Waals surface area (Å²) in [5.41, 5.74) is 1.96. The monoisotopic (exact) mass is 470 g/mol. The Morgan fingerprint density at radius 1 is 1.26 bits per heavy atom. The van der Waals surface area contributed by atoms with Gasteiger partial charge in [-0.2, -0.15) is 0 Å². The molecule has 2 heterocycles. The number of carbonyl (C=O) groups excluding carboxylic acids is 3. The minimum absolute atomic E-state index is 0.0863. The lowest BCUT2D eigenvalue weighted by molar-refractivity contribution is -0.138. The van der Waals surface area contributed by atoms with E-state index in [1.54, 1.807) is 49.1 Å². The summed E-state index contributed by atoms with van der Waals surface area (Å²) in [7, 11) is 0. The third kappa shape index (κ3) is 6.47. The van der Waals surface area contributed by atoms with Gasteiger partial charge in [-0.1, -0.05) is 26.0 Å². The second kappa shape index (κ2) is 11.8. The third-order valence-electron chi connectivity index (χ3n) is 5.65. The van der Waals surface area contributed by atoms with E-state index in [2.05, 4.69) is 5.32 Å². The molecule has 1 atom stereocenters. The van der Waals surface area contributed by atoms with Crippen molar-refractivity contribution in [3.63, 3.8) is 0 Å². The highest BCUT2D eigenvalue weighted by Gasteiger charge is 2.37. The molecule has 1 aromatic carbocycles. The van der Waals surface area contributed by atoms with Crippen molar-refractivity contribution in [3.05, 3.63) is 46.7 Å². The van der Waals surface area contributed by atoms with Gasteiger partial charge < -0.3 is 24.4 Å². The number of allylic oxidation sites excluding steroid dienone is 1. The average molecular weight is 471 g/mol. The Labute approximate surface area is 200 Å². The number of ether oxygens (including phenoxy) is 3. The van der Waals surface area contributed by atoms with E-state index in [1.165, 1.54) is 0 Å². The molecule has 0 aliphatic carbocycles. The third-order valence-corrected chi connectivity index (χ3v) is 5.65. The Morgan fingerprint density at radius 3 is 2.62 bits per heavy atom. The van der Waals surface area contributed by atoms with Gasteiger partial charge in [0, 0.05) is 25.4 Å². The number of hydrogen-bond acceptors (Lipinski definition) is 6. The fraction of sp³-hybridized carbons (Fsp3) is 0.500. The molecule has 0 radical (unpaired) electrons. The highest BCUT2D eigenvalue weighted by molar-refractivity contribution is 6.16. The molecule has 3 rings (SSSR count). The van der Waals surface area contributed by atoms with Crippen LogP contribution in [0.15, 0.2) is 41.1 Å². The maximum Gasteiger partial charge on any atom is 0.340 e. The van der Waals surface area contributed by atoms with Gasteiger partial charge in [0.15, 0.2) is 6.61 Å². The molecule has 8 nitrogen and oxygen atoms in total. The summed E-state index contributed by atoms with van der Waals surface area (Å²) in [4.78, 5) is 39.4. The number of nitrogens with zero attached hydrogens (tertiary/aromatic N) is 1. The Bertz CT molecular complexity index is 958. The molecule has 0 unspecified atom stereocenters. The van der Waals surface area contributed by atoms with Crippen LogP contribution in [0.3, 0.4) is 0 Å². The van der Waals surface area contributed by atoms with Crippen LogP contribution in [-0.2, 0) is 23.9 Å². The zero-order valence-corrected chi connectivity index (χ0v) is 20.4. The SMILES string of the molecule is CCOC(=O)C1=C(C)N(CC(C)C)C(=O)/C1=C\c1ccc(OCC(=O)NC[C@@H]2CCCO2)cc1. The minimum atomic E-state index is -0.500. The molecule has 0 saturated carbocycles. The van der Waals surface area contributed by atoms with Crippen molar-refractivity contribution in [2.75, 3.05) is 32.9 Å². The van der Waals surface area contributed by atoms with Crippen LogP contribution in [0, 0.1) is 5.92 Å². The number of amides is 2. The quantitative estimate of drug-likeness (QED) is 0.417. The summed E-state index contributed by atoms with van der Waals surface area (Å²) >= 11 is 0. The van der Waals surface area contributed by atoms with Crippen LogP contribution in [-0.4, -0.2) is 61.7 Å². The normalized spacial score (nSPS) is 19.3. The Kier molecular flexibility index (Phi) is 8.87. The average Bonchev–Trinajstić information content (AvgIpc) is 3.40. The van der Waals surface area contributed by atoms with Crippen LogP contribution in [0.4, 0.5) is 0 Å². The molecular weight excluding hydrogens is 436 g/mol. The van der Waals surface area contributed by atoms with Gasteiger partial charge in [-0.3, -0.25) is 9.59 Å². The first-order chi connectivity index (χ1) is 16.3. The molecular formula is C26H34N2O6. The highest BCUT2D eigenvalue weighted by Crippen LogP contribution is 2.32. The van der Waals surface area contributed by atoms with Gasteiger partial charge in [0.25, 0.3) is 11.8 Å². The topological polar surface area (TPSA) is 94.2 Å². The second-order valence-corrected chi connectivity index (χ2v) is 8.85. The van der Waals surface area contributed by atoms with Gasteiger partial charge in [0.1, 0.15) is 5.75 Å². The van der Waals surface area contributed by atoms with E-state index in [0.29, 0.717) is 35.7 Å². The van der Waals surface area contributed by atoms with Crippen molar-refractivity contribution >= 4 is 23.9 Å². The molecule has 1 saturated heterocycles. The van der Waals surface area contributed by atoms with Crippen LogP contribution in [0.1, 0.15) is 46.1 Å². The molecule has 184 valence electrons. The van der Waals surface area contributed by atoms with Crippen molar-refractivity contribution in [1.82, 2.24) is 10.2 Å². The van der Waals surface area contributed by atoms with Crippen molar-refractivity contribution in [3.8, 4) is 5.75 Å². The fourth-order valence-electron chi connectivity index (χ4n) is 3.97. The molecule has 34 heavy (non-hydrogen) atoms. The lowest BCUT2D eigenvalue weighted by atomic mass is 10.0. The predicted molar refractivity (Wildman–Crippen MR) is 128 cm³/mol. The minimum Gasteiger partial charge on any atom is -0.484 e. The largest absolute Gasteiger partial charge is 0.484 e. The van der Waals surface area contributed by atoms with Crippen LogP contribution in [0.25, 0.3) is 6.08 Å². The summed E-state index contributed by atoms with van der Waals surface area (Å²) in [6.07, 6.45) is 3.76. The van der Waals surface area contributed by atoms with Crippen molar-refractivity contribution < 1.29 is 28.6 Å². The van der Waals surface area contributed by atoms with Gasteiger partial charge in [-0.05, 0) is 56.4 Å². The Balaban J connectivity index is 1.66. The van der Waals surface area contributed by atoms with Crippen LogP contribution in [0.5, 0.6) is 5.75 Å². The molecule has 0 spiro atoms. The van der Waals surface area contributed by atoms with Gasteiger partial charge >= 0.3 is 5.97 Å². The molecule has 1 fully saturated rings. The molecule has 0 aromatic heterocycles. The predicted octanol–water partition coefficient (Wildman–Crippen LogP) is 3.08. The maximum atomic E-state index is 13.1. The number of esters is 1. The molecule has 2 aliphatic rings. The van der Waals surface area contributed by atoms with E-state index >= 15 is 0 Å². The van der Waals surface area contributed by atoms with E-state index in [4.69, 9.17) is 14.2 Å².